The molecule has 0 saturated carbocycles. The first-order chi connectivity index (χ1) is 8.88. The maximum atomic E-state index is 12.3. The summed E-state index contributed by atoms with van der Waals surface area (Å²) in [7, 11) is 1.71. The topological polar surface area (TPSA) is 62.5 Å². The molecule has 0 saturated heterocycles. The van der Waals surface area contributed by atoms with Gasteiger partial charge in [0, 0.05) is 37.9 Å². The lowest BCUT2D eigenvalue weighted by atomic mass is 10.2. The van der Waals surface area contributed by atoms with Gasteiger partial charge < -0.3 is 14.6 Å². The number of carboxylic acids is 1. The average molecular weight is 266 g/mol. The van der Waals surface area contributed by atoms with Gasteiger partial charge in [-0.2, -0.15) is 0 Å². The molecule has 0 unspecified atom stereocenters. The summed E-state index contributed by atoms with van der Waals surface area (Å²) in [5.74, 6) is -0.872. The molecule has 0 radical (unpaired) electrons. The summed E-state index contributed by atoms with van der Waals surface area (Å²) in [4.78, 5) is 24.3. The molecular formula is C14H22N2O3. The normalized spacial score (nSPS) is 10.5. The van der Waals surface area contributed by atoms with Gasteiger partial charge in [0.15, 0.2) is 0 Å². The van der Waals surface area contributed by atoms with Gasteiger partial charge in [-0.1, -0.05) is 0 Å². The number of carbonyl (C=O) groups is 2. The van der Waals surface area contributed by atoms with Crippen LogP contribution in [-0.2, 0) is 11.3 Å². The molecule has 1 aromatic rings. The second-order valence-electron chi connectivity index (χ2n) is 4.75. The number of aromatic nitrogens is 1. The summed E-state index contributed by atoms with van der Waals surface area (Å²) in [5.41, 5.74) is 2.74. The van der Waals surface area contributed by atoms with Gasteiger partial charge in [0.2, 0.25) is 0 Å². The standard InChI is InChI=1S/C14H22N2O3/c1-5-16-10(2)9-12(11(16)3)14(19)15(4)8-6-7-13(17)18/h9H,5-8H2,1-4H3,(H,17,18). The van der Waals surface area contributed by atoms with Crippen molar-refractivity contribution in [2.24, 2.45) is 0 Å². The van der Waals surface area contributed by atoms with Gasteiger partial charge in [0.1, 0.15) is 0 Å². The van der Waals surface area contributed by atoms with Crippen molar-refractivity contribution in [1.82, 2.24) is 9.47 Å². The zero-order valence-corrected chi connectivity index (χ0v) is 12.1. The van der Waals surface area contributed by atoms with Gasteiger partial charge in [0.05, 0.1) is 5.56 Å². The van der Waals surface area contributed by atoms with Crippen LogP contribution in [-0.4, -0.2) is 40.0 Å². The molecule has 0 aliphatic rings. The van der Waals surface area contributed by atoms with Gasteiger partial charge in [-0.3, -0.25) is 9.59 Å². The third kappa shape index (κ3) is 3.59. The highest BCUT2D eigenvalue weighted by Gasteiger charge is 2.18. The molecule has 5 nitrogen and oxygen atoms in total. The van der Waals surface area contributed by atoms with Crippen molar-refractivity contribution in [3.05, 3.63) is 23.0 Å². The maximum absolute atomic E-state index is 12.3. The minimum absolute atomic E-state index is 0.0433. The van der Waals surface area contributed by atoms with Crippen LogP contribution >= 0.6 is 0 Å². The van der Waals surface area contributed by atoms with Crippen LogP contribution in [0.15, 0.2) is 6.07 Å². The predicted molar refractivity (Wildman–Crippen MR) is 73.4 cm³/mol. The van der Waals surface area contributed by atoms with Crippen molar-refractivity contribution in [1.29, 1.82) is 0 Å². The van der Waals surface area contributed by atoms with E-state index in [1.807, 2.05) is 26.8 Å². The van der Waals surface area contributed by atoms with E-state index in [1.54, 1.807) is 11.9 Å². The van der Waals surface area contributed by atoms with Crippen molar-refractivity contribution < 1.29 is 14.7 Å². The van der Waals surface area contributed by atoms with Crippen LogP contribution in [0.4, 0.5) is 0 Å². The van der Waals surface area contributed by atoms with E-state index in [1.165, 1.54) is 0 Å². The highest BCUT2D eigenvalue weighted by atomic mass is 16.4. The maximum Gasteiger partial charge on any atom is 0.303 e. The minimum Gasteiger partial charge on any atom is -0.481 e. The lowest BCUT2D eigenvalue weighted by Crippen LogP contribution is -2.28. The highest BCUT2D eigenvalue weighted by Crippen LogP contribution is 2.16. The summed E-state index contributed by atoms with van der Waals surface area (Å²) in [6, 6.07) is 1.90. The van der Waals surface area contributed by atoms with Crippen LogP contribution in [0.1, 0.15) is 41.5 Å². The second-order valence-corrected chi connectivity index (χ2v) is 4.75. The third-order valence-corrected chi connectivity index (χ3v) is 3.35. The van der Waals surface area contributed by atoms with E-state index in [9.17, 15) is 9.59 Å². The number of rotatable bonds is 6. The number of aryl methyl sites for hydroxylation is 1. The molecule has 1 heterocycles. The summed E-state index contributed by atoms with van der Waals surface area (Å²) in [6.45, 7) is 7.27. The first kappa shape index (κ1) is 15.3. The van der Waals surface area contributed by atoms with Crippen LogP contribution in [0, 0.1) is 13.8 Å². The molecule has 1 aromatic heterocycles. The second kappa shape index (κ2) is 6.41. The summed E-state index contributed by atoms with van der Waals surface area (Å²) < 4.78 is 2.10. The van der Waals surface area contributed by atoms with Crippen molar-refractivity contribution >= 4 is 11.9 Å². The summed E-state index contributed by atoms with van der Waals surface area (Å²) in [6.07, 6.45) is 0.565. The average Bonchev–Trinajstić information content (AvgIpc) is 2.62. The number of aliphatic carboxylic acids is 1. The third-order valence-electron chi connectivity index (χ3n) is 3.35. The monoisotopic (exact) mass is 266 g/mol. The quantitative estimate of drug-likeness (QED) is 0.857. The van der Waals surface area contributed by atoms with Crippen molar-refractivity contribution in [2.75, 3.05) is 13.6 Å². The molecule has 19 heavy (non-hydrogen) atoms. The molecule has 1 amide bonds. The van der Waals surface area contributed by atoms with E-state index in [0.717, 1.165) is 17.9 Å². The van der Waals surface area contributed by atoms with Gasteiger partial charge in [-0.05, 0) is 33.3 Å². The molecule has 0 aromatic carbocycles. The number of carbonyl (C=O) groups excluding carboxylic acids is 1. The zero-order chi connectivity index (χ0) is 14.6. The molecular weight excluding hydrogens is 244 g/mol. The van der Waals surface area contributed by atoms with Crippen LogP contribution in [0.25, 0.3) is 0 Å². The molecule has 1 rings (SSSR count). The lowest BCUT2D eigenvalue weighted by Gasteiger charge is -2.16. The van der Waals surface area contributed by atoms with Gasteiger partial charge in [0.25, 0.3) is 5.91 Å². The largest absolute Gasteiger partial charge is 0.481 e. The van der Waals surface area contributed by atoms with Crippen LogP contribution in [0.5, 0.6) is 0 Å². The lowest BCUT2D eigenvalue weighted by molar-refractivity contribution is -0.137. The zero-order valence-electron chi connectivity index (χ0n) is 12.1. The molecule has 1 N–H and O–H groups in total. The van der Waals surface area contributed by atoms with Crippen LogP contribution in [0.2, 0.25) is 0 Å². The molecule has 0 aliphatic heterocycles. The van der Waals surface area contributed by atoms with Gasteiger partial charge in [-0.25, -0.2) is 0 Å². The fourth-order valence-electron chi connectivity index (χ4n) is 2.28. The van der Waals surface area contributed by atoms with Crippen molar-refractivity contribution in [3.63, 3.8) is 0 Å². The van der Waals surface area contributed by atoms with E-state index in [2.05, 4.69) is 4.57 Å². The molecule has 5 heteroatoms. The fourth-order valence-corrected chi connectivity index (χ4v) is 2.28. The first-order valence-electron chi connectivity index (χ1n) is 6.52. The Kier molecular flexibility index (Phi) is 5.15. The summed E-state index contributed by atoms with van der Waals surface area (Å²) in [5, 5.41) is 8.59. The summed E-state index contributed by atoms with van der Waals surface area (Å²) >= 11 is 0. The van der Waals surface area contributed by atoms with Crippen LogP contribution < -0.4 is 0 Å². The molecule has 0 spiro atoms. The molecule has 106 valence electrons. The number of amides is 1. The molecule has 0 bridgehead atoms. The Morgan fingerprint density at radius 3 is 2.47 bits per heavy atom. The molecule has 0 aliphatic carbocycles. The van der Waals surface area contributed by atoms with Gasteiger partial charge >= 0.3 is 5.97 Å². The van der Waals surface area contributed by atoms with Crippen molar-refractivity contribution in [2.45, 2.75) is 40.2 Å². The van der Waals surface area contributed by atoms with Crippen LogP contribution in [0.3, 0.4) is 0 Å². The van der Waals surface area contributed by atoms with Gasteiger partial charge in [-0.15, -0.1) is 0 Å². The van der Waals surface area contributed by atoms with E-state index in [-0.39, 0.29) is 12.3 Å². The Morgan fingerprint density at radius 2 is 2.00 bits per heavy atom. The number of hydrogen-bond acceptors (Lipinski definition) is 2. The number of nitrogens with zero attached hydrogens (tertiary/aromatic N) is 2. The molecule has 0 atom stereocenters. The Bertz CT molecular complexity index is 477. The van der Waals surface area contributed by atoms with E-state index in [4.69, 9.17) is 5.11 Å². The Morgan fingerprint density at radius 1 is 1.37 bits per heavy atom. The Balaban J connectivity index is 2.74. The van der Waals surface area contributed by atoms with E-state index >= 15 is 0 Å². The van der Waals surface area contributed by atoms with E-state index < -0.39 is 5.97 Å². The van der Waals surface area contributed by atoms with Crippen molar-refractivity contribution in [3.8, 4) is 0 Å². The minimum atomic E-state index is -0.829. The predicted octanol–water partition coefficient (Wildman–Crippen LogP) is 2.06. The molecule has 0 fully saturated rings. The van der Waals surface area contributed by atoms with E-state index in [0.29, 0.717) is 18.5 Å². The smallest absolute Gasteiger partial charge is 0.303 e. The Labute approximate surface area is 113 Å². The number of carboxylic acid groups (broad SMARTS) is 1. The Hall–Kier alpha value is -1.78. The SMILES string of the molecule is CCn1c(C)cc(C(=O)N(C)CCCC(=O)O)c1C. The highest BCUT2D eigenvalue weighted by molar-refractivity contribution is 5.95. The fraction of sp³-hybridized carbons (Fsp3) is 0.571. The first-order valence-corrected chi connectivity index (χ1v) is 6.52. The number of hydrogen-bond donors (Lipinski definition) is 1.